The van der Waals surface area contributed by atoms with Crippen LogP contribution in [-0.2, 0) is 10.0 Å². The number of hydrogen-bond donors (Lipinski definition) is 2. The van der Waals surface area contributed by atoms with E-state index in [0.717, 1.165) is 12.8 Å². The molecule has 0 bridgehead atoms. The quantitative estimate of drug-likeness (QED) is 0.688. The Hall–Kier alpha value is -1.14. The third-order valence-corrected chi connectivity index (χ3v) is 4.89. The van der Waals surface area contributed by atoms with Crippen LogP contribution in [0, 0.1) is 5.41 Å². The predicted octanol–water partition coefficient (Wildman–Crippen LogP) is 3.01. The molecule has 0 aliphatic heterocycles. The van der Waals surface area contributed by atoms with Crippen molar-refractivity contribution < 1.29 is 8.42 Å². The fraction of sp³-hybridized carbons (Fsp3) is 0.667. The van der Waals surface area contributed by atoms with E-state index in [4.69, 9.17) is 0 Å². The van der Waals surface area contributed by atoms with Gasteiger partial charge in [0.25, 0.3) is 0 Å². The fourth-order valence-corrected chi connectivity index (χ4v) is 3.19. The van der Waals surface area contributed by atoms with Crippen LogP contribution in [-0.4, -0.2) is 27.0 Å². The number of hydrogen-bond acceptors (Lipinski definition) is 4. The van der Waals surface area contributed by atoms with Crippen molar-refractivity contribution in [2.75, 3.05) is 18.9 Å². The highest BCUT2D eigenvalue weighted by atomic mass is 32.2. The molecule has 0 aliphatic carbocycles. The molecule has 0 radical (unpaired) electrons. The Morgan fingerprint density at radius 2 is 1.95 bits per heavy atom. The Kier molecular flexibility index (Phi) is 6.61. The summed E-state index contributed by atoms with van der Waals surface area (Å²) in [6.45, 7) is 6.78. The van der Waals surface area contributed by atoms with Crippen molar-refractivity contribution in [3.05, 3.63) is 18.3 Å². The number of sulfonamides is 1. The smallest absolute Gasteiger partial charge is 0.242 e. The lowest BCUT2D eigenvalue weighted by atomic mass is 9.87. The number of anilines is 1. The number of nitrogens with zero attached hydrogens (tertiary/aromatic N) is 1. The van der Waals surface area contributed by atoms with Crippen molar-refractivity contribution in [2.45, 2.75) is 51.3 Å². The summed E-state index contributed by atoms with van der Waals surface area (Å²) in [5.41, 5.74) is -0.0411. The molecule has 0 atom stereocenters. The minimum atomic E-state index is -3.49. The second-order valence-corrected chi connectivity index (χ2v) is 7.84. The molecule has 120 valence electrons. The highest BCUT2D eigenvalue weighted by Gasteiger charge is 2.22. The third-order valence-electron chi connectivity index (χ3n) is 3.50. The molecule has 0 aliphatic rings. The van der Waals surface area contributed by atoms with Crippen molar-refractivity contribution in [1.29, 1.82) is 0 Å². The molecule has 1 heterocycles. The van der Waals surface area contributed by atoms with Gasteiger partial charge in [0, 0.05) is 19.8 Å². The molecule has 1 rings (SSSR count). The highest BCUT2D eigenvalue weighted by molar-refractivity contribution is 7.89. The van der Waals surface area contributed by atoms with Crippen LogP contribution in [0.3, 0.4) is 0 Å². The Morgan fingerprint density at radius 3 is 2.48 bits per heavy atom. The number of nitrogens with one attached hydrogen (secondary N) is 2. The van der Waals surface area contributed by atoms with Gasteiger partial charge in [-0.1, -0.05) is 40.0 Å². The molecule has 1 aromatic heterocycles. The summed E-state index contributed by atoms with van der Waals surface area (Å²) in [4.78, 5) is 4.24. The van der Waals surface area contributed by atoms with Crippen molar-refractivity contribution in [1.82, 2.24) is 9.71 Å². The first-order valence-electron chi connectivity index (χ1n) is 7.44. The standard InChI is InChI=1S/C15H27N3O2S/c1-5-6-7-10-15(2,3)12-18-21(19,20)13-8-9-14(16-4)17-11-13/h8-9,11,18H,5-7,10,12H2,1-4H3,(H,16,17). The molecular weight excluding hydrogens is 286 g/mol. The lowest BCUT2D eigenvalue weighted by Gasteiger charge is -2.24. The zero-order valence-electron chi connectivity index (χ0n) is 13.4. The first-order valence-corrected chi connectivity index (χ1v) is 8.92. The van der Waals surface area contributed by atoms with Gasteiger partial charge in [-0.25, -0.2) is 18.1 Å². The summed E-state index contributed by atoms with van der Waals surface area (Å²) in [7, 11) is -1.75. The average Bonchev–Trinajstić information content (AvgIpc) is 2.46. The minimum Gasteiger partial charge on any atom is -0.373 e. The normalized spacial score (nSPS) is 12.4. The topological polar surface area (TPSA) is 71.1 Å². The molecular formula is C15H27N3O2S. The number of aromatic nitrogens is 1. The summed E-state index contributed by atoms with van der Waals surface area (Å²) in [6, 6.07) is 3.21. The fourth-order valence-electron chi connectivity index (χ4n) is 2.00. The largest absolute Gasteiger partial charge is 0.373 e. The average molecular weight is 313 g/mol. The number of rotatable bonds is 9. The Balaban J connectivity index is 2.63. The number of unbranched alkanes of at least 4 members (excludes halogenated alkanes) is 2. The van der Waals surface area contributed by atoms with E-state index >= 15 is 0 Å². The molecule has 21 heavy (non-hydrogen) atoms. The van der Waals surface area contributed by atoms with Gasteiger partial charge in [0.1, 0.15) is 10.7 Å². The van der Waals surface area contributed by atoms with Gasteiger partial charge >= 0.3 is 0 Å². The Bertz CT molecular complexity index is 524. The van der Waals surface area contributed by atoms with Gasteiger partial charge in [0.15, 0.2) is 0 Å². The molecule has 5 nitrogen and oxygen atoms in total. The van der Waals surface area contributed by atoms with Gasteiger partial charge in [0.05, 0.1) is 0 Å². The molecule has 0 spiro atoms. The molecule has 0 saturated carbocycles. The van der Waals surface area contributed by atoms with Crippen molar-refractivity contribution in [3.63, 3.8) is 0 Å². The van der Waals surface area contributed by atoms with E-state index in [1.54, 1.807) is 19.2 Å². The van der Waals surface area contributed by atoms with Gasteiger partial charge in [-0.05, 0) is 24.0 Å². The zero-order chi connectivity index (χ0) is 15.9. The molecule has 1 aromatic rings. The lowest BCUT2D eigenvalue weighted by Crippen LogP contribution is -2.34. The van der Waals surface area contributed by atoms with Gasteiger partial charge in [-0.2, -0.15) is 0 Å². The van der Waals surface area contributed by atoms with E-state index in [-0.39, 0.29) is 10.3 Å². The predicted molar refractivity (Wildman–Crippen MR) is 86.9 cm³/mol. The van der Waals surface area contributed by atoms with Crippen LogP contribution in [0.15, 0.2) is 23.2 Å². The molecule has 0 saturated heterocycles. The zero-order valence-corrected chi connectivity index (χ0v) is 14.3. The van der Waals surface area contributed by atoms with Gasteiger partial charge in [-0.3, -0.25) is 0 Å². The molecule has 0 aromatic carbocycles. The van der Waals surface area contributed by atoms with Crippen LogP contribution in [0.5, 0.6) is 0 Å². The maximum absolute atomic E-state index is 12.2. The highest BCUT2D eigenvalue weighted by Crippen LogP contribution is 2.23. The first kappa shape index (κ1) is 17.9. The Morgan fingerprint density at radius 1 is 1.24 bits per heavy atom. The van der Waals surface area contributed by atoms with E-state index in [0.29, 0.717) is 12.4 Å². The van der Waals surface area contributed by atoms with Gasteiger partial charge in [0.2, 0.25) is 10.0 Å². The van der Waals surface area contributed by atoms with Gasteiger partial charge < -0.3 is 5.32 Å². The van der Waals surface area contributed by atoms with Crippen LogP contribution >= 0.6 is 0 Å². The van der Waals surface area contributed by atoms with Crippen molar-refractivity contribution >= 4 is 15.8 Å². The van der Waals surface area contributed by atoms with Crippen LogP contribution in [0.1, 0.15) is 46.5 Å². The summed E-state index contributed by atoms with van der Waals surface area (Å²) in [6.07, 6.45) is 5.87. The van der Waals surface area contributed by atoms with Crippen molar-refractivity contribution in [2.24, 2.45) is 5.41 Å². The monoisotopic (exact) mass is 313 g/mol. The second-order valence-electron chi connectivity index (χ2n) is 6.08. The minimum absolute atomic E-state index is 0.0411. The van der Waals surface area contributed by atoms with E-state index in [1.165, 1.54) is 19.0 Å². The van der Waals surface area contributed by atoms with Gasteiger partial charge in [-0.15, -0.1) is 0 Å². The van der Waals surface area contributed by atoms with E-state index in [9.17, 15) is 8.42 Å². The lowest BCUT2D eigenvalue weighted by molar-refractivity contribution is 0.320. The van der Waals surface area contributed by atoms with Crippen LogP contribution in [0.4, 0.5) is 5.82 Å². The summed E-state index contributed by atoms with van der Waals surface area (Å²) in [5, 5.41) is 2.86. The maximum Gasteiger partial charge on any atom is 0.242 e. The third kappa shape index (κ3) is 6.01. The summed E-state index contributed by atoms with van der Waals surface area (Å²) in [5.74, 6) is 0.647. The van der Waals surface area contributed by atoms with Crippen LogP contribution < -0.4 is 10.0 Å². The van der Waals surface area contributed by atoms with E-state index < -0.39 is 10.0 Å². The molecule has 0 unspecified atom stereocenters. The summed E-state index contributed by atoms with van der Waals surface area (Å²) < 4.78 is 27.2. The SMILES string of the molecule is CCCCCC(C)(C)CNS(=O)(=O)c1ccc(NC)nc1. The van der Waals surface area contributed by atoms with E-state index in [2.05, 4.69) is 35.8 Å². The molecule has 0 amide bonds. The first-order chi connectivity index (χ1) is 9.80. The van der Waals surface area contributed by atoms with Crippen LogP contribution in [0.25, 0.3) is 0 Å². The van der Waals surface area contributed by atoms with Crippen LogP contribution in [0.2, 0.25) is 0 Å². The second kappa shape index (κ2) is 7.75. The maximum atomic E-state index is 12.2. The molecule has 0 fully saturated rings. The molecule has 2 N–H and O–H groups in total. The summed E-state index contributed by atoms with van der Waals surface area (Å²) >= 11 is 0. The number of pyridine rings is 1. The molecule has 6 heteroatoms. The Labute approximate surface area is 128 Å². The van der Waals surface area contributed by atoms with E-state index in [1.807, 2.05) is 0 Å². The van der Waals surface area contributed by atoms with Crippen molar-refractivity contribution in [3.8, 4) is 0 Å².